The summed E-state index contributed by atoms with van der Waals surface area (Å²) < 4.78 is 0. The lowest BCUT2D eigenvalue weighted by molar-refractivity contribution is 0.0964. The van der Waals surface area contributed by atoms with Gasteiger partial charge in [-0.3, -0.25) is 14.7 Å². The first-order chi connectivity index (χ1) is 10.7. The van der Waals surface area contributed by atoms with Gasteiger partial charge in [-0.05, 0) is 12.1 Å². The van der Waals surface area contributed by atoms with Gasteiger partial charge < -0.3 is 16.0 Å². The summed E-state index contributed by atoms with van der Waals surface area (Å²) in [4.78, 5) is 24.3. The molecular formula is C15H18ClN5O2. The van der Waals surface area contributed by atoms with Crippen molar-refractivity contribution in [2.24, 2.45) is 0 Å². The van der Waals surface area contributed by atoms with E-state index in [-0.39, 0.29) is 24.2 Å². The smallest absolute Gasteiger partial charge is 0.276 e. The van der Waals surface area contributed by atoms with Crippen LogP contribution in [0.3, 0.4) is 0 Å². The van der Waals surface area contributed by atoms with Crippen LogP contribution in [0.5, 0.6) is 0 Å². The molecule has 0 radical (unpaired) electrons. The molecule has 1 aromatic heterocycles. The fraction of sp³-hybridized carbons (Fsp3) is 0.267. The highest BCUT2D eigenvalue weighted by Gasteiger charge is 2.22. The number of halogens is 1. The minimum atomic E-state index is -0.322. The predicted molar refractivity (Wildman–Crippen MR) is 89.0 cm³/mol. The number of benzene rings is 1. The zero-order chi connectivity index (χ0) is 15.5. The molecule has 7 nitrogen and oxygen atoms in total. The summed E-state index contributed by atoms with van der Waals surface area (Å²) in [5, 5.41) is 15.6. The maximum atomic E-state index is 12.5. The number of aromatic amines is 1. The second-order valence-corrected chi connectivity index (χ2v) is 5.03. The van der Waals surface area contributed by atoms with Gasteiger partial charge in [0.05, 0.1) is 11.3 Å². The molecule has 2 heterocycles. The summed E-state index contributed by atoms with van der Waals surface area (Å²) in [5.74, 6) is -0.570. The number of amides is 2. The Bertz CT molecular complexity index is 728. The molecule has 4 N–H and O–H groups in total. The fourth-order valence-electron chi connectivity index (χ4n) is 2.52. The first-order valence-corrected chi connectivity index (χ1v) is 7.10. The monoisotopic (exact) mass is 335 g/mol. The summed E-state index contributed by atoms with van der Waals surface area (Å²) in [6.07, 6.45) is 0.824. The Balaban J connectivity index is 0.00000192. The third-order valence-electron chi connectivity index (χ3n) is 3.67. The number of nitrogens with one attached hydrogen (secondary N) is 4. The molecule has 0 fully saturated rings. The molecule has 8 heteroatoms. The van der Waals surface area contributed by atoms with Crippen molar-refractivity contribution in [1.82, 2.24) is 20.8 Å². The van der Waals surface area contributed by atoms with E-state index >= 15 is 0 Å². The van der Waals surface area contributed by atoms with Crippen molar-refractivity contribution in [1.29, 1.82) is 0 Å². The van der Waals surface area contributed by atoms with Crippen molar-refractivity contribution in [3.05, 3.63) is 46.8 Å². The number of fused-ring (bicyclic) bond motifs is 1. The standard InChI is InChI=1S/C15H17N5O2.ClH/c1-16-14(21)9-4-2-3-5-11(9)18-15(22)13-10-8-17-7-6-12(10)19-20-13;/h2-5,17H,6-8H2,1H3,(H,16,21)(H,18,22)(H,19,20);1H. The van der Waals surface area contributed by atoms with Crippen molar-refractivity contribution >= 4 is 29.9 Å². The molecule has 0 saturated heterocycles. The van der Waals surface area contributed by atoms with Crippen molar-refractivity contribution in [2.75, 3.05) is 18.9 Å². The molecule has 0 bridgehead atoms. The van der Waals surface area contributed by atoms with Crippen LogP contribution in [0.1, 0.15) is 32.1 Å². The van der Waals surface area contributed by atoms with Gasteiger partial charge in [0, 0.05) is 37.8 Å². The van der Waals surface area contributed by atoms with E-state index in [1.54, 1.807) is 31.3 Å². The summed E-state index contributed by atoms with van der Waals surface area (Å²) in [6, 6.07) is 6.88. The molecule has 3 rings (SSSR count). The Morgan fingerprint density at radius 3 is 2.78 bits per heavy atom. The summed E-state index contributed by atoms with van der Waals surface area (Å²) in [7, 11) is 1.55. The van der Waals surface area contributed by atoms with Crippen molar-refractivity contribution in [2.45, 2.75) is 13.0 Å². The molecule has 23 heavy (non-hydrogen) atoms. The largest absolute Gasteiger partial charge is 0.355 e. The zero-order valence-electron chi connectivity index (χ0n) is 12.6. The normalized spacial score (nSPS) is 12.7. The van der Waals surface area contributed by atoms with E-state index < -0.39 is 0 Å². The Hall–Kier alpha value is -2.38. The second-order valence-electron chi connectivity index (χ2n) is 5.03. The lowest BCUT2D eigenvalue weighted by atomic mass is 10.1. The number of carbonyl (C=O) groups is 2. The summed E-state index contributed by atoms with van der Waals surface area (Å²) in [5.41, 5.74) is 3.13. The highest BCUT2D eigenvalue weighted by molar-refractivity contribution is 6.08. The van der Waals surface area contributed by atoms with Gasteiger partial charge in [0.2, 0.25) is 0 Å². The van der Waals surface area contributed by atoms with Gasteiger partial charge in [0.25, 0.3) is 11.8 Å². The fourth-order valence-corrected chi connectivity index (χ4v) is 2.52. The number of nitrogens with zero attached hydrogens (tertiary/aromatic N) is 1. The molecule has 122 valence electrons. The van der Waals surface area contributed by atoms with Gasteiger partial charge in [0.1, 0.15) is 0 Å². The molecule has 0 unspecified atom stereocenters. The molecule has 2 aromatic rings. The topological polar surface area (TPSA) is 98.9 Å². The van der Waals surface area contributed by atoms with E-state index in [2.05, 4.69) is 26.1 Å². The number of H-pyrrole nitrogens is 1. The number of hydrogen-bond donors (Lipinski definition) is 4. The molecule has 0 saturated carbocycles. The predicted octanol–water partition coefficient (Wildman–Crippen LogP) is 1.09. The number of anilines is 1. The van der Waals surface area contributed by atoms with Crippen LogP contribution in [0.2, 0.25) is 0 Å². The van der Waals surface area contributed by atoms with Gasteiger partial charge >= 0.3 is 0 Å². The maximum absolute atomic E-state index is 12.5. The molecular weight excluding hydrogens is 318 g/mol. The quantitative estimate of drug-likeness (QED) is 0.674. The molecule has 0 aliphatic carbocycles. The van der Waals surface area contributed by atoms with E-state index in [4.69, 9.17) is 0 Å². The van der Waals surface area contributed by atoms with Crippen molar-refractivity contribution in [3.63, 3.8) is 0 Å². The Morgan fingerprint density at radius 2 is 2.00 bits per heavy atom. The first-order valence-electron chi connectivity index (χ1n) is 7.10. The van der Waals surface area contributed by atoms with Crippen LogP contribution in [0.15, 0.2) is 24.3 Å². The van der Waals surface area contributed by atoms with Gasteiger partial charge in [-0.15, -0.1) is 12.4 Å². The van der Waals surface area contributed by atoms with Crippen LogP contribution in [0.4, 0.5) is 5.69 Å². The van der Waals surface area contributed by atoms with Crippen LogP contribution >= 0.6 is 12.4 Å². The van der Waals surface area contributed by atoms with Crippen LogP contribution in [-0.2, 0) is 13.0 Å². The Morgan fingerprint density at radius 1 is 1.22 bits per heavy atom. The van der Waals surface area contributed by atoms with Gasteiger partial charge in [-0.2, -0.15) is 5.10 Å². The van der Waals surface area contributed by atoms with E-state index in [1.165, 1.54) is 0 Å². The number of hydrogen-bond acceptors (Lipinski definition) is 4. The molecule has 0 atom stereocenters. The lowest BCUT2D eigenvalue weighted by Gasteiger charge is -2.13. The number of aromatic nitrogens is 2. The van der Waals surface area contributed by atoms with Gasteiger partial charge in [-0.1, -0.05) is 12.1 Å². The highest BCUT2D eigenvalue weighted by atomic mass is 35.5. The van der Waals surface area contributed by atoms with Gasteiger partial charge in [-0.25, -0.2) is 0 Å². The molecule has 1 aromatic carbocycles. The zero-order valence-corrected chi connectivity index (χ0v) is 13.4. The highest BCUT2D eigenvalue weighted by Crippen LogP contribution is 2.19. The third-order valence-corrected chi connectivity index (χ3v) is 3.67. The average Bonchev–Trinajstić information content (AvgIpc) is 2.99. The maximum Gasteiger partial charge on any atom is 0.276 e. The van der Waals surface area contributed by atoms with E-state index in [9.17, 15) is 9.59 Å². The van der Waals surface area contributed by atoms with Crippen molar-refractivity contribution < 1.29 is 9.59 Å². The molecule has 2 amide bonds. The number of para-hydroxylation sites is 1. The average molecular weight is 336 g/mol. The minimum absolute atomic E-state index is 0. The van der Waals surface area contributed by atoms with E-state index in [0.717, 1.165) is 24.2 Å². The van der Waals surface area contributed by atoms with E-state index in [0.29, 0.717) is 23.5 Å². The summed E-state index contributed by atoms with van der Waals surface area (Å²) >= 11 is 0. The number of carbonyl (C=O) groups excluding carboxylic acids is 2. The second kappa shape index (κ2) is 7.26. The van der Waals surface area contributed by atoms with Crippen molar-refractivity contribution in [3.8, 4) is 0 Å². The van der Waals surface area contributed by atoms with Crippen LogP contribution in [0.25, 0.3) is 0 Å². The first kappa shape index (κ1) is 17.0. The van der Waals surface area contributed by atoms with E-state index in [1.807, 2.05) is 0 Å². The van der Waals surface area contributed by atoms with Gasteiger partial charge in [0.15, 0.2) is 5.69 Å². The molecule has 1 aliphatic rings. The molecule has 0 spiro atoms. The minimum Gasteiger partial charge on any atom is -0.355 e. The summed E-state index contributed by atoms with van der Waals surface area (Å²) in [6.45, 7) is 1.49. The third kappa shape index (κ3) is 3.35. The molecule has 1 aliphatic heterocycles. The Kier molecular flexibility index (Phi) is 5.36. The Labute approximate surface area is 139 Å². The van der Waals surface area contributed by atoms with Crippen LogP contribution < -0.4 is 16.0 Å². The lowest BCUT2D eigenvalue weighted by Crippen LogP contribution is -2.26. The number of rotatable bonds is 3. The SMILES string of the molecule is CNC(=O)c1ccccc1NC(=O)c1n[nH]c2c1CNCC2.Cl. The van der Waals surface area contributed by atoms with Crippen LogP contribution in [-0.4, -0.2) is 35.6 Å². The van der Waals surface area contributed by atoms with Crippen LogP contribution in [0, 0.1) is 0 Å².